The Bertz CT molecular complexity index is 455. The summed E-state index contributed by atoms with van der Waals surface area (Å²) in [6.07, 6.45) is 0.223. The summed E-state index contributed by atoms with van der Waals surface area (Å²) in [5.74, 6) is -1.94. The van der Waals surface area contributed by atoms with Crippen LogP contribution in [0.25, 0.3) is 0 Å². The van der Waals surface area contributed by atoms with Gasteiger partial charge < -0.3 is 15.2 Å². The lowest BCUT2D eigenvalue weighted by atomic mass is 9.93. The average Bonchev–Trinajstić information content (AvgIpc) is 2.27. The van der Waals surface area contributed by atoms with Crippen LogP contribution in [0.15, 0.2) is 18.2 Å². The molecule has 1 aliphatic heterocycles. The predicted octanol–water partition coefficient (Wildman–Crippen LogP) is 0.891. The molecule has 1 atom stereocenters. The Morgan fingerprint density at radius 3 is 2.94 bits per heavy atom. The molecule has 0 saturated heterocycles. The van der Waals surface area contributed by atoms with E-state index in [9.17, 15) is 9.59 Å². The maximum atomic E-state index is 11.5. The van der Waals surface area contributed by atoms with Gasteiger partial charge in [-0.1, -0.05) is 6.07 Å². The van der Waals surface area contributed by atoms with E-state index in [2.05, 4.69) is 5.32 Å². The first-order valence-corrected chi connectivity index (χ1v) is 4.82. The Morgan fingerprint density at radius 1 is 1.56 bits per heavy atom. The van der Waals surface area contributed by atoms with Gasteiger partial charge in [0.15, 0.2) is 0 Å². The SMILES string of the molecule is COc1ccc2c(c1)NC(=O)C(C(=O)O)C2. The van der Waals surface area contributed by atoms with E-state index in [1.807, 2.05) is 0 Å². The molecule has 0 aliphatic carbocycles. The van der Waals surface area contributed by atoms with Crippen molar-refractivity contribution in [2.45, 2.75) is 6.42 Å². The molecule has 2 N–H and O–H groups in total. The Kier molecular flexibility index (Phi) is 2.52. The lowest BCUT2D eigenvalue weighted by molar-refractivity contribution is -0.145. The van der Waals surface area contributed by atoms with Gasteiger partial charge >= 0.3 is 5.97 Å². The molecule has 0 radical (unpaired) electrons. The van der Waals surface area contributed by atoms with E-state index in [1.165, 1.54) is 7.11 Å². The molecule has 2 rings (SSSR count). The summed E-state index contributed by atoms with van der Waals surface area (Å²) in [7, 11) is 1.53. The number of methoxy groups -OCH3 is 1. The second-order valence-corrected chi connectivity index (χ2v) is 3.61. The van der Waals surface area contributed by atoms with Crippen molar-refractivity contribution >= 4 is 17.6 Å². The number of benzene rings is 1. The molecule has 84 valence electrons. The molecule has 1 aromatic rings. The first kappa shape index (κ1) is 10.5. The number of anilines is 1. The molecule has 0 saturated carbocycles. The molecule has 0 spiro atoms. The maximum Gasteiger partial charge on any atom is 0.316 e. The Balaban J connectivity index is 2.35. The molecule has 1 amide bonds. The molecule has 1 unspecified atom stereocenters. The van der Waals surface area contributed by atoms with Gasteiger partial charge in [-0.2, -0.15) is 0 Å². The molecule has 16 heavy (non-hydrogen) atoms. The number of hydrogen-bond donors (Lipinski definition) is 2. The van der Waals surface area contributed by atoms with E-state index >= 15 is 0 Å². The van der Waals surface area contributed by atoms with E-state index in [1.54, 1.807) is 18.2 Å². The number of ether oxygens (including phenoxy) is 1. The number of fused-ring (bicyclic) bond motifs is 1. The number of amides is 1. The van der Waals surface area contributed by atoms with Crippen LogP contribution in [0.5, 0.6) is 5.75 Å². The lowest BCUT2D eigenvalue weighted by Crippen LogP contribution is -2.35. The van der Waals surface area contributed by atoms with Gasteiger partial charge in [0.05, 0.1) is 7.11 Å². The van der Waals surface area contributed by atoms with Crippen LogP contribution in [0.1, 0.15) is 5.56 Å². The van der Waals surface area contributed by atoms with E-state index in [0.29, 0.717) is 11.4 Å². The van der Waals surface area contributed by atoms with Crippen LogP contribution >= 0.6 is 0 Å². The molecule has 0 fully saturated rings. The van der Waals surface area contributed by atoms with Gasteiger partial charge in [-0.15, -0.1) is 0 Å². The molecule has 0 bridgehead atoms. The highest BCUT2D eigenvalue weighted by Crippen LogP contribution is 2.29. The Morgan fingerprint density at radius 2 is 2.31 bits per heavy atom. The summed E-state index contributed by atoms with van der Waals surface area (Å²) in [4.78, 5) is 22.3. The zero-order valence-corrected chi connectivity index (χ0v) is 8.69. The second-order valence-electron chi connectivity index (χ2n) is 3.61. The monoisotopic (exact) mass is 221 g/mol. The van der Waals surface area contributed by atoms with Crippen molar-refractivity contribution in [2.75, 3.05) is 12.4 Å². The summed E-state index contributed by atoms with van der Waals surface area (Å²) in [5, 5.41) is 11.4. The minimum absolute atomic E-state index is 0.223. The highest BCUT2D eigenvalue weighted by molar-refractivity contribution is 6.06. The van der Waals surface area contributed by atoms with Crippen LogP contribution < -0.4 is 10.1 Å². The van der Waals surface area contributed by atoms with Crippen molar-refractivity contribution in [3.05, 3.63) is 23.8 Å². The maximum absolute atomic E-state index is 11.5. The number of hydrogen-bond acceptors (Lipinski definition) is 3. The van der Waals surface area contributed by atoms with E-state index in [4.69, 9.17) is 9.84 Å². The lowest BCUT2D eigenvalue weighted by Gasteiger charge is -2.22. The molecule has 5 nitrogen and oxygen atoms in total. The van der Waals surface area contributed by atoms with Crippen molar-refractivity contribution in [3.63, 3.8) is 0 Å². The van der Waals surface area contributed by atoms with Gasteiger partial charge in [-0.25, -0.2) is 0 Å². The Hall–Kier alpha value is -2.04. The molecule has 0 aromatic heterocycles. The van der Waals surface area contributed by atoms with Crippen molar-refractivity contribution in [2.24, 2.45) is 5.92 Å². The number of carboxylic acid groups (broad SMARTS) is 1. The normalized spacial score (nSPS) is 18.6. The topological polar surface area (TPSA) is 75.6 Å². The summed E-state index contributed by atoms with van der Waals surface area (Å²) in [6.45, 7) is 0. The van der Waals surface area contributed by atoms with Crippen molar-refractivity contribution in [3.8, 4) is 5.75 Å². The van der Waals surface area contributed by atoms with Gasteiger partial charge in [-0.3, -0.25) is 9.59 Å². The number of carbonyl (C=O) groups excluding carboxylic acids is 1. The molecule has 5 heteroatoms. The van der Waals surface area contributed by atoms with Crippen LogP contribution in [0, 0.1) is 5.92 Å². The van der Waals surface area contributed by atoms with Crippen molar-refractivity contribution in [1.29, 1.82) is 0 Å². The van der Waals surface area contributed by atoms with Crippen LogP contribution in [0.4, 0.5) is 5.69 Å². The third-order valence-electron chi connectivity index (χ3n) is 2.61. The first-order valence-electron chi connectivity index (χ1n) is 4.82. The zero-order chi connectivity index (χ0) is 11.7. The van der Waals surface area contributed by atoms with E-state index < -0.39 is 17.8 Å². The van der Waals surface area contributed by atoms with Crippen LogP contribution in [-0.2, 0) is 16.0 Å². The number of aliphatic carboxylic acids is 1. The first-order chi connectivity index (χ1) is 7.61. The molecular formula is C11H11NO4. The predicted molar refractivity (Wildman–Crippen MR) is 56.5 cm³/mol. The minimum atomic E-state index is -1.10. The number of rotatable bonds is 2. The van der Waals surface area contributed by atoms with Crippen molar-refractivity contribution < 1.29 is 19.4 Å². The Labute approximate surface area is 92.0 Å². The fraction of sp³-hybridized carbons (Fsp3) is 0.273. The minimum Gasteiger partial charge on any atom is -0.497 e. The van der Waals surface area contributed by atoms with E-state index in [0.717, 1.165) is 5.56 Å². The van der Waals surface area contributed by atoms with Gasteiger partial charge in [0.2, 0.25) is 5.91 Å². The number of nitrogens with one attached hydrogen (secondary N) is 1. The summed E-state index contributed by atoms with van der Waals surface area (Å²) in [5.41, 5.74) is 1.44. The largest absolute Gasteiger partial charge is 0.497 e. The standard InChI is InChI=1S/C11H11NO4/c1-16-7-3-2-6-4-8(11(14)15)10(13)12-9(6)5-7/h2-3,5,8H,4H2,1H3,(H,12,13)(H,14,15). The average molecular weight is 221 g/mol. The second kappa shape index (κ2) is 3.84. The highest BCUT2D eigenvalue weighted by Gasteiger charge is 2.31. The van der Waals surface area contributed by atoms with Crippen LogP contribution in [-0.4, -0.2) is 24.1 Å². The summed E-state index contributed by atoms with van der Waals surface area (Å²) < 4.78 is 5.02. The molecule has 1 aliphatic rings. The van der Waals surface area contributed by atoms with E-state index in [-0.39, 0.29) is 6.42 Å². The summed E-state index contributed by atoms with van der Waals surface area (Å²) >= 11 is 0. The molecule has 1 heterocycles. The number of carboxylic acids is 1. The third kappa shape index (κ3) is 1.71. The van der Waals surface area contributed by atoms with Gasteiger partial charge in [0.25, 0.3) is 0 Å². The van der Waals surface area contributed by atoms with Gasteiger partial charge in [0.1, 0.15) is 11.7 Å². The summed E-state index contributed by atoms with van der Waals surface area (Å²) in [6, 6.07) is 5.20. The van der Waals surface area contributed by atoms with Gasteiger partial charge in [0, 0.05) is 11.8 Å². The molecular weight excluding hydrogens is 210 g/mol. The van der Waals surface area contributed by atoms with Gasteiger partial charge in [-0.05, 0) is 18.1 Å². The third-order valence-corrected chi connectivity index (χ3v) is 2.61. The fourth-order valence-corrected chi connectivity index (χ4v) is 1.71. The zero-order valence-electron chi connectivity index (χ0n) is 8.69. The highest BCUT2D eigenvalue weighted by atomic mass is 16.5. The smallest absolute Gasteiger partial charge is 0.316 e. The van der Waals surface area contributed by atoms with Crippen LogP contribution in [0.3, 0.4) is 0 Å². The quantitative estimate of drug-likeness (QED) is 0.727. The molecule has 1 aromatic carbocycles. The number of carbonyl (C=O) groups is 2. The van der Waals surface area contributed by atoms with Crippen molar-refractivity contribution in [1.82, 2.24) is 0 Å². The van der Waals surface area contributed by atoms with Crippen LogP contribution in [0.2, 0.25) is 0 Å². The fourth-order valence-electron chi connectivity index (χ4n) is 1.71.